The van der Waals surface area contributed by atoms with E-state index in [2.05, 4.69) is 15.1 Å². The number of benzene rings is 1. The normalized spacial score (nSPS) is 11.0. The third-order valence-corrected chi connectivity index (χ3v) is 4.50. The van der Waals surface area contributed by atoms with Crippen LogP contribution in [0, 0.1) is 19.7 Å². The van der Waals surface area contributed by atoms with E-state index in [1.54, 1.807) is 28.6 Å². The van der Waals surface area contributed by atoms with Crippen LogP contribution in [0.3, 0.4) is 0 Å². The first-order chi connectivity index (χ1) is 11.9. The van der Waals surface area contributed by atoms with E-state index in [1.807, 2.05) is 19.9 Å². The van der Waals surface area contributed by atoms with Crippen molar-refractivity contribution in [2.75, 3.05) is 12.8 Å². The molecule has 0 saturated carbocycles. The highest BCUT2D eigenvalue weighted by Gasteiger charge is 2.13. The Bertz CT molecular complexity index is 909. The van der Waals surface area contributed by atoms with Crippen molar-refractivity contribution in [1.29, 1.82) is 0 Å². The molecule has 3 aromatic rings. The minimum atomic E-state index is -0.287. The molecule has 0 aliphatic heterocycles. The standard InChI is InChI=1S/C17H18FN5OS/c1-11-8-12(2)23-16(19-11)20-17(21-23)25-10-15(24)22(3)9-13-4-6-14(18)7-5-13/h4-8H,9-10H2,1-3H3. The molecule has 0 aliphatic rings. The molecule has 130 valence electrons. The van der Waals surface area contributed by atoms with Gasteiger partial charge < -0.3 is 4.90 Å². The van der Waals surface area contributed by atoms with Crippen LogP contribution in [0.15, 0.2) is 35.5 Å². The maximum atomic E-state index is 12.9. The van der Waals surface area contributed by atoms with Crippen LogP contribution >= 0.6 is 11.8 Å². The van der Waals surface area contributed by atoms with Crippen molar-refractivity contribution in [3.8, 4) is 0 Å². The van der Waals surface area contributed by atoms with Gasteiger partial charge in [-0.1, -0.05) is 23.9 Å². The lowest BCUT2D eigenvalue weighted by molar-refractivity contribution is -0.127. The number of aryl methyl sites for hydroxylation is 2. The first kappa shape index (κ1) is 17.3. The Balaban J connectivity index is 1.61. The van der Waals surface area contributed by atoms with Gasteiger partial charge in [0.2, 0.25) is 11.1 Å². The van der Waals surface area contributed by atoms with Crippen LogP contribution < -0.4 is 0 Å². The summed E-state index contributed by atoms with van der Waals surface area (Å²) in [6, 6.07) is 8.05. The molecule has 3 rings (SSSR count). The van der Waals surface area contributed by atoms with Crippen molar-refractivity contribution in [3.63, 3.8) is 0 Å². The highest BCUT2D eigenvalue weighted by atomic mass is 32.2. The molecule has 0 spiro atoms. The Morgan fingerprint density at radius 2 is 1.96 bits per heavy atom. The van der Waals surface area contributed by atoms with E-state index >= 15 is 0 Å². The summed E-state index contributed by atoms with van der Waals surface area (Å²) in [4.78, 5) is 22.6. The van der Waals surface area contributed by atoms with E-state index in [9.17, 15) is 9.18 Å². The quantitative estimate of drug-likeness (QED) is 0.655. The van der Waals surface area contributed by atoms with Gasteiger partial charge in [0, 0.05) is 25.0 Å². The molecule has 1 amide bonds. The maximum Gasteiger partial charge on any atom is 0.253 e. The van der Waals surface area contributed by atoms with E-state index in [1.165, 1.54) is 23.9 Å². The lowest BCUT2D eigenvalue weighted by Crippen LogP contribution is -2.27. The fraction of sp³-hybridized carbons (Fsp3) is 0.294. The van der Waals surface area contributed by atoms with Crippen molar-refractivity contribution in [2.45, 2.75) is 25.5 Å². The highest BCUT2D eigenvalue weighted by molar-refractivity contribution is 7.99. The van der Waals surface area contributed by atoms with Crippen LogP contribution in [0.4, 0.5) is 4.39 Å². The smallest absolute Gasteiger partial charge is 0.253 e. The number of amides is 1. The van der Waals surface area contributed by atoms with Crippen LogP contribution in [-0.2, 0) is 11.3 Å². The molecule has 0 aliphatic carbocycles. The van der Waals surface area contributed by atoms with Gasteiger partial charge in [0.1, 0.15) is 5.82 Å². The summed E-state index contributed by atoms with van der Waals surface area (Å²) in [6.07, 6.45) is 0. The van der Waals surface area contributed by atoms with Crippen molar-refractivity contribution < 1.29 is 9.18 Å². The minimum Gasteiger partial charge on any atom is -0.341 e. The summed E-state index contributed by atoms with van der Waals surface area (Å²) < 4.78 is 14.6. The number of thioether (sulfide) groups is 1. The van der Waals surface area contributed by atoms with Gasteiger partial charge >= 0.3 is 0 Å². The zero-order valence-corrected chi connectivity index (χ0v) is 15.0. The lowest BCUT2D eigenvalue weighted by Gasteiger charge is -2.16. The molecule has 2 heterocycles. The molecule has 6 nitrogen and oxygen atoms in total. The third-order valence-electron chi connectivity index (χ3n) is 3.68. The molecule has 0 atom stereocenters. The number of fused-ring (bicyclic) bond motifs is 1. The van der Waals surface area contributed by atoms with Crippen molar-refractivity contribution in [1.82, 2.24) is 24.5 Å². The number of rotatable bonds is 5. The van der Waals surface area contributed by atoms with Crippen LogP contribution in [0.5, 0.6) is 0 Å². The van der Waals surface area contributed by atoms with Crippen molar-refractivity contribution in [2.24, 2.45) is 0 Å². The van der Waals surface area contributed by atoms with Crippen LogP contribution in [0.2, 0.25) is 0 Å². The van der Waals surface area contributed by atoms with Gasteiger partial charge in [-0.05, 0) is 37.6 Å². The van der Waals surface area contributed by atoms with E-state index in [0.717, 1.165) is 17.0 Å². The van der Waals surface area contributed by atoms with Crippen LogP contribution in [-0.4, -0.2) is 43.2 Å². The number of carbonyl (C=O) groups excluding carboxylic acids is 1. The second kappa shape index (κ2) is 7.18. The summed E-state index contributed by atoms with van der Waals surface area (Å²) in [5.74, 6) is 0.429. The number of nitrogens with zero attached hydrogens (tertiary/aromatic N) is 5. The van der Waals surface area contributed by atoms with E-state index in [-0.39, 0.29) is 17.5 Å². The van der Waals surface area contributed by atoms with Crippen LogP contribution in [0.25, 0.3) is 5.78 Å². The fourth-order valence-electron chi connectivity index (χ4n) is 2.40. The minimum absolute atomic E-state index is 0.0472. The van der Waals surface area contributed by atoms with E-state index in [0.29, 0.717) is 17.5 Å². The molecule has 2 aromatic heterocycles. The fourth-order valence-corrected chi connectivity index (χ4v) is 3.16. The second-order valence-corrected chi connectivity index (χ2v) is 6.75. The molecule has 25 heavy (non-hydrogen) atoms. The van der Waals surface area contributed by atoms with E-state index in [4.69, 9.17) is 0 Å². The largest absolute Gasteiger partial charge is 0.341 e. The number of halogens is 1. The van der Waals surface area contributed by atoms with Crippen molar-refractivity contribution in [3.05, 3.63) is 53.1 Å². The summed E-state index contributed by atoms with van der Waals surface area (Å²) in [5, 5.41) is 4.89. The molecule has 1 aromatic carbocycles. The van der Waals surface area contributed by atoms with Gasteiger partial charge in [-0.15, -0.1) is 5.10 Å². The summed E-state index contributed by atoms with van der Waals surface area (Å²) in [7, 11) is 1.72. The average Bonchev–Trinajstić information content (AvgIpc) is 2.98. The molecular weight excluding hydrogens is 341 g/mol. The van der Waals surface area contributed by atoms with Crippen molar-refractivity contribution >= 4 is 23.4 Å². The van der Waals surface area contributed by atoms with Gasteiger partial charge in [0.05, 0.1) is 5.75 Å². The summed E-state index contributed by atoms with van der Waals surface area (Å²) in [5.41, 5.74) is 2.70. The Kier molecular flexibility index (Phi) is 4.98. The molecule has 0 bridgehead atoms. The monoisotopic (exact) mass is 359 g/mol. The summed E-state index contributed by atoms with van der Waals surface area (Å²) >= 11 is 1.28. The van der Waals surface area contributed by atoms with Crippen LogP contribution in [0.1, 0.15) is 17.0 Å². The van der Waals surface area contributed by atoms with Gasteiger partial charge in [0.25, 0.3) is 5.78 Å². The Labute approximate surface area is 149 Å². The average molecular weight is 359 g/mol. The molecule has 0 fully saturated rings. The highest BCUT2D eigenvalue weighted by Crippen LogP contribution is 2.16. The first-order valence-corrected chi connectivity index (χ1v) is 8.73. The zero-order chi connectivity index (χ0) is 18.0. The predicted molar refractivity (Wildman–Crippen MR) is 93.9 cm³/mol. The van der Waals surface area contributed by atoms with Gasteiger partial charge in [-0.3, -0.25) is 4.79 Å². The Morgan fingerprint density at radius 3 is 2.68 bits per heavy atom. The molecule has 0 N–H and O–H groups in total. The molecule has 8 heteroatoms. The van der Waals surface area contributed by atoms with Gasteiger partial charge in [-0.2, -0.15) is 4.98 Å². The van der Waals surface area contributed by atoms with Gasteiger partial charge in [-0.25, -0.2) is 13.9 Å². The number of hydrogen-bond acceptors (Lipinski definition) is 5. The maximum absolute atomic E-state index is 12.9. The molecule has 0 unspecified atom stereocenters. The third kappa shape index (κ3) is 4.14. The topological polar surface area (TPSA) is 63.4 Å². The number of aromatic nitrogens is 4. The molecule has 0 radical (unpaired) electrons. The Morgan fingerprint density at radius 1 is 1.24 bits per heavy atom. The predicted octanol–water partition coefficient (Wildman–Crippen LogP) is 2.63. The molecule has 0 saturated heterocycles. The zero-order valence-electron chi connectivity index (χ0n) is 14.2. The first-order valence-electron chi connectivity index (χ1n) is 7.74. The lowest BCUT2D eigenvalue weighted by atomic mass is 10.2. The SMILES string of the molecule is Cc1cc(C)n2nc(SCC(=O)N(C)Cc3ccc(F)cc3)nc2n1. The van der Waals surface area contributed by atoms with Gasteiger partial charge in [0.15, 0.2) is 0 Å². The Hall–Kier alpha value is -2.48. The molecular formula is C17H18FN5OS. The number of hydrogen-bond donors (Lipinski definition) is 0. The second-order valence-electron chi connectivity index (χ2n) is 5.81. The van der Waals surface area contributed by atoms with E-state index < -0.39 is 0 Å². The summed E-state index contributed by atoms with van der Waals surface area (Å²) in [6.45, 7) is 4.27. The number of carbonyl (C=O) groups is 1.